The minimum Gasteiger partial charge on any atom is -0.497 e. The number of aromatic nitrogens is 3. The SMILES string of the molecule is COc1ccc(CN(c2ccc(F)cc2)S(=O)(=O)c2cccn3cnnc23)cc1. The lowest BCUT2D eigenvalue weighted by atomic mass is 10.2. The van der Waals surface area contributed by atoms with Crippen LogP contribution in [0.4, 0.5) is 10.1 Å². The van der Waals surface area contributed by atoms with Gasteiger partial charge in [-0.05, 0) is 54.1 Å². The Morgan fingerprint density at radius 2 is 1.79 bits per heavy atom. The molecule has 0 radical (unpaired) electrons. The zero-order valence-corrected chi connectivity index (χ0v) is 16.3. The van der Waals surface area contributed by atoms with Crippen LogP contribution in [-0.2, 0) is 16.6 Å². The van der Waals surface area contributed by atoms with E-state index >= 15 is 0 Å². The zero-order chi connectivity index (χ0) is 20.4. The van der Waals surface area contributed by atoms with Crippen LogP contribution >= 0.6 is 0 Å². The Balaban J connectivity index is 1.82. The van der Waals surface area contributed by atoms with Crippen LogP contribution in [0.1, 0.15) is 5.56 Å². The molecule has 0 saturated heterocycles. The van der Waals surface area contributed by atoms with E-state index in [1.165, 1.54) is 45.4 Å². The lowest BCUT2D eigenvalue weighted by molar-refractivity contribution is 0.414. The van der Waals surface area contributed by atoms with Crippen molar-refractivity contribution in [1.82, 2.24) is 14.6 Å². The molecule has 2 aromatic carbocycles. The second kappa shape index (κ2) is 7.51. The third-order valence-electron chi connectivity index (χ3n) is 4.46. The number of pyridine rings is 1. The van der Waals surface area contributed by atoms with E-state index in [-0.39, 0.29) is 17.1 Å². The van der Waals surface area contributed by atoms with Crippen molar-refractivity contribution in [3.8, 4) is 5.75 Å². The minimum atomic E-state index is -4.02. The van der Waals surface area contributed by atoms with Gasteiger partial charge in [0.1, 0.15) is 22.8 Å². The van der Waals surface area contributed by atoms with Crippen LogP contribution in [0.2, 0.25) is 0 Å². The monoisotopic (exact) mass is 412 g/mol. The van der Waals surface area contributed by atoms with E-state index in [2.05, 4.69) is 10.2 Å². The maximum Gasteiger partial charge on any atom is 0.268 e. The number of fused-ring (bicyclic) bond motifs is 1. The highest BCUT2D eigenvalue weighted by molar-refractivity contribution is 7.93. The lowest BCUT2D eigenvalue weighted by Gasteiger charge is -2.25. The molecule has 0 atom stereocenters. The van der Waals surface area contributed by atoms with E-state index in [0.717, 1.165) is 5.56 Å². The predicted molar refractivity (Wildman–Crippen MR) is 106 cm³/mol. The zero-order valence-electron chi connectivity index (χ0n) is 15.4. The highest BCUT2D eigenvalue weighted by Crippen LogP contribution is 2.28. The summed E-state index contributed by atoms with van der Waals surface area (Å²) in [5, 5.41) is 7.72. The minimum absolute atomic E-state index is 0.00957. The number of ether oxygens (including phenoxy) is 1. The molecule has 0 aliphatic rings. The van der Waals surface area contributed by atoms with E-state index in [1.807, 2.05) is 0 Å². The number of halogens is 1. The Labute approximate surface area is 167 Å². The first-order chi connectivity index (χ1) is 14.0. The molecule has 0 spiro atoms. The van der Waals surface area contributed by atoms with Gasteiger partial charge in [-0.2, -0.15) is 0 Å². The first-order valence-corrected chi connectivity index (χ1v) is 10.1. The topological polar surface area (TPSA) is 76.8 Å². The second-order valence-corrected chi connectivity index (χ2v) is 8.10. The van der Waals surface area contributed by atoms with Gasteiger partial charge in [0.05, 0.1) is 19.3 Å². The van der Waals surface area contributed by atoms with Gasteiger partial charge in [-0.25, -0.2) is 12.8 Å². The van der Waals surface area contributed by atoms with Gasteiger partial charge in [-0.3, -0.25) is 8.71 Å². The Kier molecular flexibility index (Phi) is 4.89. The van der Waals surface area contributed by atoms with Crippen molar-refractivity contribution in [2.24, 2.45) is 0 Å². The van der Waals surface area contributed by atoms with Gasteiger partial charge in [0.2, 0.25) is 0 Å². The first kappa shape index (κ1) is 18.9. The standard InChI is InChI=1S/C20H17FN4O3S/c1-28-18-10-4-15(5-11-18)13-25(17-8-6-16(21)7-9-17)29(26,27)19-3-2-12-24-14-22-23-20(19)24/h2-12,14H,13H2,1H3. The van der Waals surface area contributed by atoms with Gasteiger partial charge in [-0.1, -0.05) is 12.1 Å². The van der Waals surface area contributed by atoms with Crippen LogP contribution in [0.5, 0.6) is 5.75 Å². The van der Waals surface area contributed by atoms with E-state index in [4.69, 9.17) is 4.74 Å². The van der Waals surface area contributed by atoms with Crippen molar-refractivity contribution in [2.75, 3.05) is 11.4 Å². The number of hydrogen-bond acceptors (Lipinski definition) is 5. The maximum atomic E-state index is 13.6. The molecule has 2 heterocycles. The molecule has 4 rings (SSSR count). The highest BCUT2D eigenvalue weighted by Gasteiger charge is 2.28. The first-order valence-electron chi connectivity index (χ1n) is 8.68. The lowest BCUT2D eigenvalue weighted by Crippen LogP contribution is -2.31. The molecule has 0 fully saturated rings. The Morgan fingerprint density at radius 1 is 1.07 bits per heavy atom. The summed E-state index contributed by atoms with van der Waals surface area (Å²) in [6.07, 6.45) is 3.10. The number of rotatable bonds is 6. The molecule has 0 amide bonds. The normalized spacial score (nSPS) is 11.5. The molecule has 7 nitrogen and oxygen atoms in total. The third-order valence-corrected chi connectivity index (χ3v) is 6.25. The average Bonchev–Trinajstić information content (AvgIpc) is 3.22. The van der Waals surface area contributed by atoms with Gasteiger partial charge < -0.3 is 4.74 Å². The number of hydrogen-bond donors (Lipinski definition) is 0. The van der Waals surface area contributed by atoms with Crippen molar-refractivity contribution in [3.63, 3.8) is 0 Å². The molecule has 0 aliphatic heterocycles. The summed E-state index contributed by atoms with van der Waals surface area (Å²) >= 11 is 0. The fourth-order valence-electron chi connectivity index (χ4n) is 2.96. The van der Waals surface area contributed by atoms with Gasteiger partial charge >= 0.3 is 0 Å². The smallest absolute Gasteiger partial charge is 0.268 e. The number of sulfonamides is 1. The van der Waals surface area contributed by atoms with Gasteiger partial charge in [0.25, 0.3) is 10.0 Å². The number of anilines is 1. The molecular weight excluding hydrogens is 395 g/mol. The largest absolute Gasteiger partial charge is 0.497 e. The maximum absolute atomic E-state index is 13.6. The molecule has 0 N–H and O–H groups in total. The third kappa shape index (κ3) is 3.64. The van der Waals surface area contributed by atoms with Crippen molar-refractivity contribution >= 4 is 21.4 Å². The molecule has 9 heteroatoms. The van der Waals surface area contributed by atoms with Crippen LogP contribution in [0.15, 0.2) is 78.1 Å². The van der Waals surface area contributed by atoms with Gasteiger partial charge in [0, 0.05) is 6.20 Å². The van der Waals surface area contributed by atoms with Crippen molar-refractivity contribution < 1.29 is 17.5 Å². The van der Waals surface area contributed by atoms with Gasteiger partial charge in [0.15, 0.2) is 5.65 Å². The number of methoxy groups -OCH3 is 1. The Hall–Kier alpha value is -3.46. The fraction of sp³-hybridized carbons (Fsp3) is 0.100. The van der Waals surface area contributed by atoms with E-state index in [0.29, 0.717) is 11.4 Å². The van der Waals surface area contributed by atoms with Crippen LogP contribution in [0, 0.1) is 5.82 Å². The van der Waals surface area contributed by atoms with Crippen molar-refractivity contribution in [2.45, 2.75) is 11.4 Å². The summed E-state index contributed by atoms with van der Waals surface area (Å²) in [4.78, 5) is 0.00957. The molecule has 29 heavy (non-hydrogen) atoms. The number of benzene rings is 2. The molecule has 0 bridgehead atoms. The molecule has 0 unspecified atom stereocenters. The van der Waals surface area contributed by atoms with Crippen molar-refractivity contribution in [1.29, 1.82) is 0 Å². The average molecular weight is 412 g/mol. The van der Waals surface area contributed by atoms with Gasteiger partial charge in [-0.15, -0.1) is 10.2 Å². The molecule has 148 valence electrons. The second-order valence-electron chi connectivity index (χ2n) is 6.27. The van der Waals surface area contributed by atoms with Crippen LogP contribution in [0.25, 0.3) is 5.65 Å². The summed E-state index contributed by atoms with van der Waals surface area (Å²) < 4.78 is 48.5. The van der Waals surface area contributed by atoms with E-state index in [9.17, 15) is 12.8 Å². The molecular formula is C20H17FN4O3S. The van der Waals surface area contributed by atoms with Crippen LogP contribution < -0.4 is 9.04 Å². The summed E-state index contributed by atoms with van der Waals surface area (Å²) in [5.41, 5.74) is 1.30. The van der Waals surface area contributed by atoms with Crippen LogP contribution in [-0.4, -0.2) is 30.1 Å². The predicted octanol–water partition coefficient (Wildman–Crippen LogP) is 3.27. The fourth-order valence-corrected chi connectivity index (χ4v) is 4.55. The summed E-state index contributed by atoms with van der Waals surface area (Å²) in [6, 6.07) is 15.5. The molecule has 4 aromatic rings. The summed E-state index contributed by atoms with van der Waals surface area (Å²) in [7, 11) is -2.46. The number of nitrogens with zero attached hydrogens (tertiary/aromatic N) is 4. The summed E-state index contributed by atoms with van der Waals surface area (Å²) in [6.45, 7) is 0.0488. The molecule has 0 saturated carbocycles. The summed E-state index contributed by atoms with van der Waals surface area (Å²) in [5.74, 6) is 0.216. The molecule has 0 aliphatic carbocycles. The highest BCUT2D eigenvalue weighted by atomic mass is 32.2. The molecule has 2 aromatic heterocycles. The Bertz CT molecular complexity index is 1240. The van der Waals surface area contributed by atoms with Crippen molar-refractivity contribution in [3.05, 3.63) is 84.6 Å². The van der Waals surface area contributed by atoms with E-state index in [1.54, 1.807) is 43.6 Å². The Morgan fingerprint density at radius 3 is 2.48 bits per heavy atom. The van der Waals surface area contributed by atoms with Crippen LogP contribution in [0.3, 0.4) is 0 Å². The quantitative estimate of drug-likeness (QED) is 0.486. The van der Waals surface area contributed by atoms with E-state index < -0.39 is 15.8 Å².